The third kappa shape index (κ3) is 2.39. The number of amides is 5. The van der Waals surface area contributed by atoms with E-state index in [9.17, 15) is 19.5 Å². The van der Waals surface area contributed by atoms with Gasteiger partial charge in [0.1, 0.15) is 24.6 Å². The van der Waals surface area contributed by atoms with Crippen molar-refractivity contribution in [2.45, 2.75) is 12.3 Å². The van der Waals surface area contributed by atoms with Crippen LogP contribution in [0.2, 0.25) is 0 Å². The molecule has 23 heavy (non-hydrogen) atoms. The summed E-state index contributed by atoms with van der Waals surface area (Å²) in [5, 5.41) is 14.9. The molecule has 2 saturated heterocycles. The summed E-state index contributed by atoms with van der Waals surface area (Å²) in [5.74, 6) is -0.518. The van der Waals surface area contributed by atoms with E-state index >= 15 is 0 Å². The van der Waals surface area contributed by atoms with Gasteiger partial charge >= 0.3 is 12.1 Å². The minimum Gasteiger partial charge on any atom is -0.506 e. The Labute approximate surface area is 132 Å². The minimum atomic E-state index is -0.546. The quantitative estimate of drug-likeness (QED) is 0.682. The molecule has 0 bridgehead atoms. The van der Waals surface area contributed by atoms with Crippen molar-refractivity contribution in [1.82, 2.24) is 20.0 Å². The highest BCUT2D eigenvalue weighted by molar-refractivity contribution is 5.96. The van der Waals surface area contributed by atoms with Crippen molar-refractivity contribution in [2.75, 3.05) is 26.0 Å². The van der Waals surface area contributed by atoms with E-state index in [-0.39, 0.29) is 24.0 Å². The second-order valence-corrected chi connectivity index (χ2v) is 5.51. The lowest BCUT2D eigenvalue weighted by Gasteiger charge is -2.26. The summed E-state index contributed by atoms with van der Waals surface area (Å²) >= 11 is 0. The molecule has 122 valence electrons. The van der Waals surface area contributed by atoms with Crippen LogP contribution in [0.3, 0.4) is 0 Å². The minimum absolute atomic E-state index is 0.0579. The molecule has 2 aliphatic rings. The van der Waals surface area contributed by atoms with Crippen LogP contribution in [0.1, 0.15) is 0 Å². The largest absolute Gasteiger partial charge is 0.506 e. The first-order chi connectivity index (χ1) is 10.9. The Morgan fingerprint density at radius 1 is 1.26 bits per heavy atom. The summed E-state index contributed by atoms with van der Waals surface area (Å²) in [7, 11) is 3.17. The number of phenols is 1. The second-order valence-electron chi connectivity index (χ2n) is 5.51. The number of benzene rings is 1. The molecular weight excluding hydrogens is 302 g/mol. The van der Waals surface area contributed by atoms with Gasteiger partial charge in [-0.25, -0.2) is 9.59 Å². The van der Waals surface area contributed by atoms with E-state index in [2.05, 4.69) is 10.6 Å². The third-order valence-electron chi connectivity index (χ3n) is 4.04. The van der Waals surface area contributed by atoms with Gasteiger partial charge in [0.25, 0.3) is 0 Å². The molecular formula is C14H17N5O4. The molecule has 9 nitrogen and oxygen atoms in total. The Balaban J connectivity index is 1.72. The van der Waals surface area contributed by atoms with E-state index in [0.717, 1.165) is 0 Å². The van der Waals surface area contributed by atoms with Crippen molar-refractivity contribution in [3.8, 4) is 5.75 Å². The Hall–Kier alpha value is -2.97. The van der Waals surface area contributed by atoms with E-state index in [4.69, 9.17) is 0 Å². The number of fused-ring (bicyclic) bond motifs is 1. The van der Waals surface area contributed by atoms with Gasteiger partial charge in [-0.1, -0.05) is 12.1 Å². The molecule has 2 aliphatic heterocycles. The van der Waals surface area contributed by atoms with Crippen LogP contribution in [-0.4, -0.2) is 70.7 Å². The number of anilines is 1. The van der Waals surface area contributed by atoms with Crippen molar-refractivity contribution in [1.29, 1.82) is 0 Å². The summed E-state index contributed by atoms with van der Waals surface area (Å²) in [5.41, 5.74) is 0.265. The molecule has 0 saturated carbocycles. The first-order valence-corrected chi connectivity index (χ1v) is 7.04. The van der Waals surface area contributed by atoms with Crippen LogP contribution in [-0.2, 0) is 4.79 Å². The molecule has 1 aromatic carbocycles. The number of para-hydroxylation sites is 2. The van der Waals surface area contributed by atoms with Gasteiger partial charge in [-0.05, 0) is 12.1 Å². The lowest BCUT2D eigenvalue weighted by molar-refractivity contribution is -0.117. The number of rotatable bonds is 3. The van der Waals surface area contributed by atoms with Gasteiger partial charge < -0.3 is 25.5 Å². The number of likely N-dealkylation sites (N-methyl/N-ethyl adjacent to an activating group) is 2. The topological polar surface area (TPSA) is 105 Å². The molecule has 0 spiro atoms. The first kappa shape index (κ1) is 14.9. The fourth-order valence-corrected chi connectivity index (χ4v) is 2.86. The maximum absolute atomic E-state index is 12.2. The summed E-state index contributed by atoms with van der Waals surface area (Å²) in [6, 6.07) is 5.67. The normalized spacial score (nSPS) is 23.1. The number of nitrogens with one attached hydrogen (secondary N) is 2. The standard InChI is InChI=1S/C14H17N5O4/c1-17-11-12(18(2)14(17)23)19(13(22)16-11)7-10(21)15-8-5-3-4-6-9(8)20/h3-6,11-12,20H,7H2,1-2H3,(H,15,21)(H,16,22). The van der Waals surface area contributed by atoms with Gasteiger partial charge in [0.05, 0.1) is 5.69 Å². The number of nitrogens with zero attached hydrogens (tertiary/aromatic N) is 3. The molecule has 0 aliphatic carbocycles. The van der Waals surface area contributed by atoms with E-state index in [1.54, 1.807) is 32.3 Å². The van der Waals surface area contributed by atoms with Gasteiger partial charge in [0, 0.05) is 14.1 Å². The van der Waals surface area contributed by atoms with Crippen LogP contribution in [0.4, 0.5) is 15.3 Å². The zero-order chi connectivity index (χ0) is 16.7. The predicted octanol–water partition coefficient (Wildman–Crippen LogP) is 0.00530. The molecule has 0 aromatic heterocycles. The fourth-order valence-electron chi connectivity index (χ4n) is 2.86. The lowest BCUT2D eigenvalue weighted by atomic mass is 10.3. The molecule has 2 heterocycles. The van der Waals surface area contributed by atoms with Crippen molar-refractivity contribution < 1.29 is 19.5 Å². The molecule has 5 amide bonds. The SMILES string of the molecule is CN1C(=O)N(C)C2C1NC(=O)N2CC(=O)Nc1ccccc1O. The molecule has 2 atom stereocenters. The summed E-state index contributed by atoms with van der Waals surface area (Å²) in [4.78, 5) is 40.3. The van der Waals surface area contributed by atoms with Crippen molar-refractivity contribution in [3.05, 3.63) is 24.3 Å². The summed E-state index contributed by atoms with van der Waals surface area (Å²) in [6.07, 6.45) is -1.03. The third-order valence-corrected chi connectivity index (χ3v) is 4.04. The Bertz CT molecular complexity index is 679. The Morgan fingerprint density at radius 3 is 2.65 bits per heavy atom. The average Bonchev–Trinajstić information content (AvgIpc) is 2.93. The van der Waals surface area contributed by atoms with E-state index in [1.165, 1.54) is 20.8 Å². The molecule has 2 fully saturated rings. The number of urea groups is 2. The van der Waals surface area contributed by atoms with Crippen LogP contribution in [0.15, 0.2) is 24.3 Å². The van der Waals surface area contributed by atoms with Gasteiger partial charge in [-0.3, -0.25) is 9.69 Å². The maximum atomic E-state index is 12.2. The predicted molar refractivity (Wildman–Crippen MR) is 80.5 cm³/mol. The van der Waals surface area contributed by atoms with Crippen LogP contribution < -0.4 is 10.6 Å². The van der Waals surface area contributed by atoms with Crippen molar-refractivity contribution in [3.63, 3.8) is 0 Å². The van der Waals surface area contributed by atoms with Gasteiger partial charge in [-0.15, -0.1) is 0 Å². The molecule has 2 unspecified atom stereocenters. The van der Waals surface area contributed by atoms with Crippen LogP contribution in [0, 0.1) is 0 Å². The van der Waals surface area contributed by atoms with Crippen molar-refractivity contribution in [2.24, 2.45) is 0 Å². The number of hydrogen-bond acceptors (Lipinski definition) is 4. The van der Waals surface area contributed by atoms with Crippen LogP contribution in [0.5, 0.6) is 5.75 Å². The number of carbonyl (C=O) groups excluding carboxylic acids is 3. The van der Waals surface area contributed by atoms with Gasteiger partial charge in [0.15, 0.2) is 0 Å². The highest BCUT2D eigenvalue weighted by atomic mass is 16.3. The summed E-state index contributed by atoms with van der Waals surface area (Å²) in [6.45, 7) is -0.229. The Morgan fingerprint density at radius 2 is 1.96 bits per heavy atom. The zero-order valence-electron chi connectivity index (χ0n) is 12.7. The smallest absolute Gasteiger partial charge is 0.323 e. The average molecular weight is 319 g/mol. The highest BCUT2D eigenvalue weighted by Gasteiger charge is 2.52. The molecule has 1 aromatic rings. The molecule has 3 rings (SSSR count). The van der Waals surface area contributed by atoms with E-state index in [1.807, 2.05) is 0 Å². The second kappa shape index (κ2) is 5.34. The van der Waals surface area contributed by atoms with E-state index in [0.29, 0.717) is 0 Å². The van der Waals surface area contributed by atoms with Crippen molar-refractivity contribution >= 4 is 23.7 Å². The highest BCUT2D eigenvalue weighted by Crippen LogP contribution is 2.27. The van der Waals surface area contributed by atoms with Crippen LogP contribution in [0.25, 0.3) is 0 Å². The molecule has 0 radical (unpaired) electrons. The monoisotopic (exact) mass is 319 g/mol. The number of aromatic hydroxyl groups is 1. The number of carbonyl (C=O) groups is 3. The zero-order valence-corrected chi connectivity index (χ0v) is 12.7. The molecule has 3 N–H and O–H groups in total. The van der Waals surface area contributed by atoms with E-state index < -0.39 is 24.3 Å². The van der Waals surface area contributed by atoms with Crippen LogP contribution >= 0.6 is 0 Å². The fraction of sp³-hybridized carbons (Fsp3) is 0.357. The maximum Gasteiger partial charge on any atom is 0.323 e. The van der Waals surface area contributed by atoms with Gasteiger partial charge in [0.2, 0.25) is 5.91 Å². The van der Waals surface area contributed by atoms with Gasteiger partial charge in [-0.2, -0.15) is 0 Å². The first-order valence-electron chi connectivity index (χ1n) is 7.04. The number of hydrogen-bond donors (Lipinski definition) is 3. The Kier molecular flexibility index (Phi) is 3.47. The summed E-state index contributed by atoms with van der Waals surface area (Å²) < 4.78 is 0. The lowest BCUT2D eigenvalue weighted by Crippen LogP contribution is -2.47. The number of phenolic OH excluding ortho intramolecular Hbond substituents is 1. The molecule has 9 heteroatoms.